The summed E-state index contributed by atoms with van der Waals surface area (Å²) in [5, 5.41) is 16.8. The molecular weight excluding hydrogens is 366 g/mol. The van der Waals surface area contributed by atoms with Crippen LogP contribution < -0.4 is 10.7 Å². The van der Waals surface area contributed by atoms with Gasteiger partial charge in [-0.2, -0.15) is 10.2 Å². The fraction of sp³-hybridized carbons (Fsp3) is 0.0556. The van der Waals surface area contributed by atoms with Gasteiger partial charge in [0.05, 0.1) is 17.6 Å². The van der Waals surface area contributed by atoms with Gasteiger partial charge in [0.15, 0.2) is 5.17 Å². The average molecular weight is 379 g/mol. The number of amides is 1. The Balaban J connectivity index is 1.62. The van der Waals surface area contributed by atoms with Crippen LogP contribution in [-0.4, -0.2) is 27.1 Å². The van der Waals surface area contributed by atoms with Crippen LogP contribution in [0.4, 0.5) is 0 Å². The summed E-state index contributed by atoms with van der Waals surface area (Å²) < 4.78 is 1.22. The molecule has 8 heteroatoms. The molecule has 26 heavy (non-hydrogen) atoms. The predicted octanol–water partition coefficient (Wildman–Crippen LogP) is 3.74. The molecule has 128 valence electrons. The Bertz CT molecular complexity index is 1140. The molecule has 0 fully saturated rings. The molecule has 0 atom stereocenters. The van der Waals surface area contributed by atoms with Crippen LogP contribution in [0, 0.1) is 0 Å². The number of hydrogen-bond acceptors (Lipinski definition) is 6. The molecule has 0 spiro atoms. The lowest BCUT2D eigenvalue weighted by molar-refractivity contribution is 0.0978. The summed E-state index contributed by atoms with van der Waals surface area (Å²) in [6.45, 7) is 0. The number of aromatic nitrogens is 2. The summed E-state index contributed by atoms with van der Waals surface area (Å²) >= 11 is 3.17. The first-order valence-corrected chi connectivity index (χ1v) is 9.79. The van der Waals surface area contributed by atoms with Crippen molar-refractivity contribution < 1.29 is 4.79 Å². The van der Waals surface area contributed by atoms with Crippen molar-refractivity contribution >= 4 is 55.2 Å². The van der Waals surface area contributed by atoms with Crippen LogP contribution in [0.2, 0.25) is 0 Å². The number of nitrogens with zero attached hydrogens (tertiary/aromatic N) is 2. The first-order valence-electron chi connectivity index (χ1n) is 7.99. The second kappa shape index (κ2) is 6.15. The second-order valence-electron chi connectivity index (χ2n) is 5.82. The van der Waals surface area contributed by atoms with E-state index in [0.29, 0.717) is 16.6 Å². The van der Waals surface area contributed by atoms with Gasteiger partial charge in [0.1, 0.15) is 0 Å². The number of hydrogen-bond donors (Lipinski definition) is 3. The third-order valence-corrected chi connectivity index (χ3v) is 6.07. The van der Waals surface area contributed by atoms with Crippen LogP contribution in [-0.2, 0) is 0 Å². The SMILES string of the molecule is O=C(NC1=NNCS1)c1cc(-c2cc3ccccc3s2)c2[nH]ncc2c1. The molecular formula is C18H13N5OS2. The number of fused-ring (bicyclic) bond motifs is 2. The average Bonchev–Trinajstić information content (AvgIpc) is 3.40. The Morgan fingerprint density at radius 2 is 2.08 bits per heavy atom. The summed E-state index contributed by atoms with van der Waals surface area (Å²) in [7, 11) is 0. The lowest BCUT2D eigenvalue weighted by Crippen LogP contribution is -2.27. The second-order valence-corrected chi connectivity index (χ2v) is 7.87. The number of thiophene rings is 1. The number of aromatic amines is 1. The van der Waals surface area contributed by atoms with Crippen LogP contribution >= 0.6 is 23.1 Å². The molecule has 3 heterocycles. The van der Waals surface area contributed by atoms with Gasteiger partial charge in [0, 0.05) is 26.1 Å². The molecule has 0 saturated heterocycles. The fourth-order valence-corrected chi connectivity index (χ4v) is 4.61. The van der Waals surface area contributed by atoms with Crippen molar-refractivity contribution in [1.29, 1.82) is 0 Å². The van der Waals surface area contributed by atoms with Crippen molar-refractivity contribution in [2.45, 2.75) is 0 Å². The fourth-order valence-electron chi connectivity index (χ4n) is 2.97. The van der Waals surface area contributed by atoms with Crippen molar-refractivity contribution in [3.8, 4) is 10.4 Å². The summed E-state index contributed by atoms with van der Waals surface area (Å²) in [5.74, 6) is 0.495. The van der Waals surface area contributed by atoms with Crippen LogP contribution in [0.15, 0.2) is 53.8 Å². The number of carbonyl (C=O) groups is 1. The quantitative estimate of drug-likeness (QED) is 0.495. The highest BCUT2D eigenvalue weighted by Gasteiger charge is 2.17. The highest BCUT2D eigenvalue weighted by Crippen LogP contribution is 2.37. The van der Waals surface area contributed by atoms with E-state index < -0.39 is 0 Å². The van der Waals surface area contributed by atoms with E-state index in [0.717, 1.165) is 21.3 Å². The lowest BCUT2D eigenvalue weighted by atomic mass is 10.0. The molecule has 1 aliphatic heterocycles. The highest BCUT2D eigenvalue weighted by molar-refractivity contribution is 8.14. The smallest absolute Gasteiger partial charge is 0.257 e. The molecule has 0 unspecified atom stereocenters. The van der Waals surface area contributed by atoms with Gasteiger partial charge in [-0.3, -0.25) is 20.6 Å². The number of thioether (sulfide) groups is 1. The van der Waals surface area contributed by atoms with Gasteiger partial charge in [-0.15, -0.1) is 11.3 Å². The number of nitrogens with one attached hydrogen (secondary N) is 3. The zero-order chi connectivity index (χ0) is 17.5. The van der Waals surface area contributed by atoms with Gasteiger partial charge in [0.25, 0.3) is 5.91 Å². The number of carbonyl (C=O) groups excluding carboxylic acids is 1. The van der Waals surface area contributed by atoms with Crippen LogP contribution in [0.5, 0.6) is 0 Å². The van der Waals surface area contributed by atoms with E-state index in [1.807, 2.05) is 24.3 Å². The summed E-state index contributed by atoms with van der Waals surface area (Å²) in [6.07, 6.45) is 1.74. The van der Waals surface area contributed by atoms with Crippen molar-refractivity contribution in [2.24, 2.45) is 5.10 Å². The highest BCUT2D eigenvalue weighted by atomic mass is 32.2. The third-order valence-electron chi connectivity index (χ3n) is 4.18. The Morgan fingerprint density at radius 1 is 1.15 bits per heavy atom. The summed E-state index contributed by atoms with van der Waals surface area (Å²) in [5.41, 5.74) is 5.32. The summed E-state index contributed by atoms with van der Waals surface area (Å²) in [6, 6.07) is 14.2. The van der Waals surface area contributed by atoms with E-state index in [4.69, 9.17) is 0 Å². The van der Waals surface area contributed by atoms with Crippen molar-refractivity contribution in [3.63, 3.8) is 0 Å². The minimum Gasteiger partial charge on any atom is -0.300 e. The first-order chi connectivity index (χ1) is 12.8. The lowest BCUT2D eigenvalue weighted by Gasteiger charge is -2.06. The maximum atomic E-state index is 12.7. The molecule has 1 amide bonds. The maximum absolute atomic E-state index is 12.7. The monoisotopic (exact) mass is 379 g/mol. The topological polar surface area (TPSA) is 82.2 Å². The Hall–Kier alpha value is -2.84. The molecule has 0 radical (unpaired) electrons. The molecule has 0 saturated carbocycles. The third kappa shape index (κ3) is 2.63. The van der Waals surface area contributed by atoms with Crippen molar-refractivity contribution in [2.75, 3.05) is 5.88 Å². The minimum atomic E-state index is -0.176. The molecule has 0 bridgehead atoms. The van der Waals surface area contributed by atoms with E-state index in [1.54, 1.807) is 17.5 Å². The summed E-state index contributed by atoms with van der Waals surface area (Å²) in [4.78, 5) is 13.8. The van der Waals surface area contributed by atoms with Gasteiger partial charge in [0.2, 0.25) is 0 Å². The molecule has 2 aromatic heterocycles. The van der Waals surface area contributed by atoms with Gasteiger partial charge in [-0.05, 0) is 29.7 Å². The zero-order valence-electron chi connectivity index (χ0n) is 13.4. The number of rotatable bonds is 2. The Kier molecular flexibility index (Phi) is 3.65. The first kappa shape index (κ1) is 15.4. The largest absolute Gasteiger partial charge is 0.300 e. The zero-order valence-corrected chi connectivity index (χ0v) is 15.1. The molecule has 0 aliphatic carbocycles. The van der Waals surface area contributed by atoms with Crippen LogP contribution in [0.3, 0.4) is 0 Å². The standard InChI is InChI=1S/C18H13N5OS2/c24-17(21-18-23-20-9-25-18)11-5-12-8-19-22-16(12)13(6-11)15-7-10-3-1-2-4-14(10)26-15/h1-8,20H,9H2,(H,19,22)(H,21,23,24). The molecule has 5 rings (SSSR count). The molecule has 3 N–H and O–H groups in total. The van der Waals surface area contributed by atoms with Gasteiger partial charge < -0.3 is 0 Å². The van der Waals surface area contributed by atoms with Crippen LogP contribution in [0.25, 0.3) is 31.4 Å². The van der Waals surface area contributed by atoms with E-state index >= 15 is 0 Å². The van der Waals surface area contributed by atoms with Crippen LogP contribution in [0.1, 0.15) is 10.4 Å². The Labute approximate surface area is 156 Å². The van der Waals surface area contributed by atoms with E-state index in [1.165, 1.54) is 21.8 Å². The predicted molar refractivity (Wildman–Crippen MR) is 107 cm³/mol. The van der Waals surface area contributed by atoms with E-state index in [-0.39, 0.29) is 5.91 Å². The molecule has 2 aromatic carbocycles. The van der Waals surface area contributed by atoms with E-state index in [9.17, 15) is 4.79 Å². The Morgan fingerprint density at radius 3 is 2.92 bits per heavy atom. The minimum absolute atomic E-state index is 0.176. The maximum Gasteiger partial charge on any atom is 0.257 e. The van der Waals surface area contributed by atoms with Gasteiger partial charge >= 0.3 is 0 Å². The number of benzene rings is 2. The molecule has 1 aliphatic rings. The number of amidine groups is 1. The van der Waals surface area contributed by atoms with E-state index in [2.05, 4.69) is 44.2 Å². The molecule has 6 nitrogen and oxygen atoms in total. The molecule has 4 aromatic rings. The van der Waals surface area contributed by atoms with Gasteiger partial charge in [-0.25, -0.2) is 0 Å². The number of H-pyrrole nitrogens is 1. The normalized spacial score (nSPS) is 13.8. The van der Waals surface area contributed by atoms with Crippen molar-refractivity contribution in [3.05, 3.63) is 54.2 Å². The van der Waals surface area contributed by atoms with Gasteiger partial charge in [-0.1, -0.05) is 30.0 Å². The van der Waals surface area contributed by atoms with Crippen molar-refractivity contribution in [1.82, 2.24) is 20.9 Å². The number of hydrazone groups is 1.